The fraction of sp³-hybridized carbons (Fsp3) is 0.273. The van der Waals surface area contributed by atoms with Crippen LogP contribution in [0, 0.1) is 12.3 Å². The van der Waals surface area contributed by atoms with Crippen molar-refractivity contribution in [2.45, 2.75) is 33.1 Å². The van der Waals surface area contributed by atoms with Crippen molar-refractivity contribution in [3.63, 3.8) is 0 Å². The molecule has 0 fully saturated rings. The zero-order chi connectivity index (χ0) is 30.5. The third-order valence-electron chi connectivity index (χ3n) is 7.17. The van der Waals surface area contributed by atoms with Gasteiger partial charge >= 0.3 is 0 Å². The van der Waals surface area contributed by atoms with Gasteiger partial charge in [0.2, 0.25) is 10.9 Å². The largest absolute Gasteiger partial charge is 0.493 e. The molecule has 3 aromatic carbocycles. The Bertz CT molecular complexity index is 1610. The van der Waals surface area contributed by atoms with Crippen molar-refractivity contribution >= 4 is 39.8 Å². The van der Waals surface area contributed by atoms with Crippen molar-refractivity contribution in [1.29, 1.82) is 5.41 Å². The molecule has 2 aliphatic rings. The first-order valence-electron chi connectivity index (χ1n) is 14.0. The minimum Gasteiger partial charge on any atom is -0.493 e. The first-order chi connectivity index (χ1) is 20.8. The predicted molar refractivity (Wildman–Crippen MR) is 171 cm³/mol. The van der Waals surface area contributed by atoms with E-state index in [0.29, 0.717) is 45.5 Å². The van der Waals surface area contributed by atoms with E-state index in [4.69, 9.17) is 24.4 Å². The van der Waals surface area contributed by atoms with Crippen LogP contribution in [-0.2, 0) is 4.79 Å². The second-order valence-electron chi connectivity index (χ2n) is 10.1. The number of nitrogens with one attached hydrogen (secondary N) is 1. The highest BCUT2D eigenvalue weighted by Gasteiger charge is 2.36. The average molecular weight is 599 g/mol. The molecule has 2 aliphatic heterocycles. The lowest BCUT2D eigenvalue weighted by molar-refractivity contribution is -0.114. The van der Waals surface area contributed by atoms with Crippen LogP contribution in [0.25, 0.3) is 6.08 Å². The summed E-state index contributed by atoms with van der Waals surface area (Å²) < 4.78 is 23.1. The highest BCUT2D eigenvalue weighted by atomic mass is 32.2. The Morgan fingerprint density at radius 3 is 2.35 bits per heavy atom. The highest BCUT2D eigenvalue weighted by Crippen LogP contribution is 2.40. The molecule has 1 atom stereocenters. The predicted octanol–water partition coefficient (Wildman–Crippen LogP) is 6.65. The van der Waals surface area contributed by atoms with Crippen molar-refractivity contribution in [2.75, 3.05) is 27.4 Å². The molecule has 1 amide bonds. The zero-order valence-electron chi connectivity index (χ0n) is 24.8. The number of ether oxygens (including phenoxy) is 4. The minimum absolute atomic E-state index is 0.0576. The molecule has 0 spiro atoms. The standard InChI is InChI=1S/C33H34N4O5S/c1-6-21(3)23-10-12-25(13-11-23)41-14-15-42-29-27(39-4)18-22(19-28(29)40-5)17-26-30(34)37-33(35-31(26)38)43-32(36-37)24-9-7-8-20(2)16-24/h7-13,16-19,21,34H,6,14-15H2,1-5H3/b26-17+,34-30?. The summed E-state index contributed by atoms with van der Waals surface area (Å²) in [6.45, 7) is 6.96. The number of carbonyl (C=O) groups is 1. The van der Waals surface area contributed by atoms with E-state index in [-0.39, 0.29) is 18.0 Å². The van der Waals surface area contributed by atoms with E-state index in [1.54, 1.807) is 18.2 Å². The number of benzene rings is 3. The van der Waals surface area contributed by atoms with Crippen molar-refractivity contribution < 1.29 is 23.7 Å². The number of nitrogens with zero attached hydrogens (tertiary/aromatic N) is 3. The minimum atomic E-state index is -0.517. The second-order valence-corrected chi connectivity index (χ2v) is 11.1. The summed E-state index contributed by atoms with van der Waals surface area (Å²) in [5, 5.41) is 15.7. The fourth-order valence-corrected chi connectivity index (χ4v) is 5.50. The maximum absolute atomic E-state index is 13.0. The smallest absolute Gasteiger partial charge is 0.283 e. The van der Waals surface area contributed by atoms with Gasteiger partial charge in [-0.25, -0.2) is 0 Å². The molecule has 3 aromatic rings. The van der Waals surface area contributed by atoms with E-state index in [2.05, 4.69) is 36.1 Å². The first kappa shape index (κ1) is 29.9. The number of thioether (sulfide) groups is 1. The Balaban J connectivity index is 1.30. The van der Waals surface area contributed by atoms with Gasteiger partial charge in [-0.05, 0) is 78.6 Å². The van der Waals surface area contributed by atoms with Crippen LogP contribution in [0.1, 0.15) is 48.4 Å². The number of hydrogen-bond donors (Lipinski definition) is 1. The number of hydrogen-bond acceptors (Lipinski definition) is 8. The molecule has 0 bridgehead atoms. The summed E-state index contributed by atoms with van der Waals surface area (Å²) >= 11 is 1.27. The molecule has 1 N–H and O–H groups in total. The van der Waals surface area contributed by atoms with Gasteiger partial charge in [0.05, 0.1) is 19.8 Å². The number of hydrazone groups is 1. The fourth-order valence-electron chi connectivity index (χ4n) is 4.61. The molecule has 9 nitrogen and oxygen atoms in total. The molecule has 0 aromatic heterocycles. The van der Waals surface area contributed by atoms with Crippen molar-refractivity contribution in [1.82, 2.24) is 5.01 Å². The van der Waals surface area contributed by atoms with Gasteiger partial charge in [-0.15, -0.1) is 0 Å². The Labute approximate surface area is 255 Å². The van der Waals surface area contributed by atoms with Gasteiger partial charge in [-0.1, -0.05) is 49.7 Å². The normalized spacial score (nSPS) is 16.0. The van der Waals surface area contributed by atoms with Gasteiger partial charge in [0, 0.05) is 5.56 Å². The number of amides is 1. The van der Waals surface area contributed by atoms with Crippen LogP contribution < -0.4 is 18.9 Å². The number of rotatable bonds is 11. The Morgan fingerprint density at radius 2 is 1.70 bits per heavy atom. The molecule has 0 aliphatic carbocycles. The van der Waals surface area contributed by atoms with E-state index in [0.717, 1.165) is 23.3 Å². The van der Waals surface area contributed by atoms with Crippen LogP contribution in [0.2, 0.25) is 0 Å². The average Bonchev–Trinajstić information content (AvgIpc) is 3.45. The number of methoxy groups -OCH3 is 2. The zero-order valence-corrected chi connectivity index (χ0v) is 25.7. The Kier molecular flexibility index (Phi) is 9.16. The van der Waals surface area contributed by atoms with Crippen LogP contribution in [-0.4, -0.2) is 54.4 Å². The van der Waals surface area contributed by atoms with Crippen molar-refractivity contribution in [3.8, 4) is 23.0 Å². The SMILES string of the molecule is CCC(C)c1ccc(OCCOc2c(OC)cc(/C=C3\C(=N)N4N=C(c5cccc(C)c5)SC4=NC3=O)cc2OC)cc1. The lowest BCUT2D eigenvalue weighted by atomic mass is 9.99. The molecule has 10 heteroatoms. The van der Waals surface area contributed by atoms with Gasteiger partial charge in [0.1, 0.15) is 24.0 Å². The maximum atomic E-state index is 13.0. The van der Waals surface area contributed by atoms with Crippen LogP contribution in [0.15, 0.2) is 76.3 Å². The molecular formula is C33H34N4O5S. The van der Waals surface area contributed by atoms with E-state index in [9.17, 15) is 4.79 Å². The van der Waals surface area contributed by atoms with E-state index >= 15 is 0 Å². The second kappa shape index (κ2) is 13.2. The first-order valence-corrected chi connectivity index (χ1v) is 14.8. The summed E-state index contributed by atoms with van der Waals surface area (Å²) in [4.78, 5) is 17.2. The van der Waals surface area contributed by atoms with Gasteiger partial charge in [-0.2, -0.15) is 15.1 Å². The maximum Gasteiger partial charge on any atom is 0.283 e. The summed E-state index contributed by atoms with van der Waals surface area (Å²) in [6, 6.07) is 19.5. The van der Waals surface area contributed by atoms with E-state index in [1.807, 2.05) is 43.3 Å². The monoisotopic (exact) mass is 598 g/mol. The lowest BCUT2D eigenvalue weighted by Gasteiger charge is -2.20. The molecule has 5 rings (SSSR count). The highest BCUT2D eigenvalue weighted by molar-refractivity contribution is 8.27. The van der Waals surface area contributed by atoms with Crippen LogP contribution in [0.3, 0.4) is 0 Å². The number of aryl methyl sites for hydroxylation is 1. The topological polar surface area (TPSA) is 106 Å². The third-order valence-corrected chi connectivity index (χ3v) is 8.13. The summed E-state index contributed by atoms with van der Waals surface area (Å²) in [5.74, 6) is 1.95. The van der Waals surface area contributed by atoms with E-state index in [1.165, 1.54) is 36.6 Å². The number of aliphatic imine (C=N–C) groups is 1. The molecule has 43 heavy (non-hydrogen) atoms. The molecule has 1 unspecified atom stereocenters. The summed E-state index contributed by atoms with van der Waals surface area (Å²) in [7, 11) is 3.06. The molecule has 0 saturated heterocycles. The molecule has 222 valence electrons. The number of fused-ring (bicyclic) bond motifs is 1. The van der Waals surface area contributed by atoms with Crippen LogP contribution in [0.4, 0.5) is 0 Å². The van der Waals surface area contributed by atoms with Crippen molar-refractivity contribution in [3.05, 3.63) is 88.5 Å². The van der Waals surface area contributed by atoms with Gasteiger partial charge < -0.3 is 18.9 Å². The van der Waals surface area contributed by atoms with Gasteiger partial charge in [0.25, 0.3) is 5.91 Å². The van der Waals surface area contributed by atoms with Crippen LogP contribution in [0.5, 0.6) is 23.0 Å². The molecular weight excluding hydrogens is 564 g/mol. The quantitative estimate of drug-likeness (QED) is 0.195. The Hall–Kier alpha value is -4.57. The van der Waals surface area contributed by atoms with Crippen molar-refractivity contribution in [2.24, 2.45) is 10.1 Å². The number of carbonyl (C=O) groups excluding carboxylic acids is 1. The molecule has 2 heterocycles. The van der Waals surface area contributed by atoms with Gasteiger partial charge in [0.15, 0.2) is 17.3 Å². The van der Waals surface area contributed by atoms with E-state index < -0.39 is 5.91 Å². The number of amidine groups is 2. The lowest BCUT2D eigenvalue weighted by Crippen LogP contribution is -2.35. The Morgan fingerprint density at radius 1 is 1.00 bits per heavy atom. The molecule has 0 saturated carbocycles. The van der Waals surface area contributed by atoms with Crippen LogP contribution >= 0.6 is 11.8 Å². The third kappa shape index (κ3) is 6.59. The summed E-state index contributed by atoms with van der Waals surface area (Å²) in [5.41, 5.74) is 3.97. The summed E-state index contributed by atoms with van der Waals surface area (Å²) in [6.07, 6.45) is 2.67. The molecule has 0 radical (unpaired) electrons. The van der Waals surface area contributed by atoms with Gasteiger partial charge in [-0.3, -0.25) is 10.2 Å².